The van der Waals surface area contributed by atoms with Crippen molar-refractivity contribution in [2.75, 3.05) is 20.1 Å². The fourth-order valence-electron chi connectivity index (χ4n) is 3.65. The number of rotatable bonds is 2. The number of carbonyl (C=O) groups excluding carboxylic acids is 1. The molecular weight excluding hydrogens is 272 g/mol. The van der Waals surface area contributed by atoms with Crippen LogP contribution in [-0.2, 0) is 0 Å². The molecule has 3 rings (SSSR count). The van der Waals surface area contributed by atoms with Crippen molar-refractivity contribution >= 4 is 17.5 Å². The minimum Gasteiger partial charge on any atom is -0.334 e. The smallest absolute Gasteiger partial charge is 0.254 e. The third kappa shape index (κ3) is 2.57. The summed E-state index contributed by atoms with van der Waals surface area (Å²) in [5, 5.41) is 0.629. The van der Waals surface area contributed by atoms with Crippen molar-refractivity contribution in [1.29, 1.82) is 0 Å². The van der Waals surface area contributed by atoms with Crippen molar-refractivity contribution < 1.29 is 4.79 Å². The van der Waals surface area contributed by atoms with E-state index in [0.29, 0.717) is 22.7 Å². The highest BCUT2D eigenvalue weighted by Gasteiger charge is 2.38. The fourth-order valence-corrected chi connectivity index (χ4v) is 3.84. The maximum atomic E-state index is 12.7. The van der Waals surface area contributed by atoms with Gasteiger partial charge >= 0.3 is 0 Å². The minimum atomic E-state index is 0.135. The standard InChI is InChI=1S/C16H21ClN2O/c1-18-9-3-7-14(18)15-8-4-10-19(15)16(20)12-5-2-6-13(17)11-12/h2,5-6,11,14-15H,3-4,7-10H2,1H3/t14-,15+/m0/s1. The number of nitrogens with zero attached hydrogens (tertiary/aromatic N) is 2. The van der Waals surface area contributed by atoms with E-state index in [1.54, 1.807) is 6.07 Å². The number of hydrogen-bond acceptors (Lipinski definition) is 2. The molecule has 108 valence electrons. The zero-order valence-electron chi connectivity index (χ0n) is 11.9. The molecule has 0 spiro atoms. The Hall–Kier alpha value is -1.06. The average Bonchev–Trinajstić information content (AvgIpc) is 3.06. The van der Waals surface area contributed by atoms with E-state index in [0.717, 1.165) is 25.9 Å². The van der Waals surface area contributed by atoms with Gasteiger partial charge in [0.25, 0.3) is 5.91 Å². The van der Waals surface area contributed by atoms with E-state index in [9.17, 15) is 4.79 Å². The Morgan fingerprint density at radius 2 is 1.95 bits per heavy atom. The van der Waals surface area contributed by atoms with Crippen molar-refractivity contribution in [2.45, 2.75) is 37.8 Å². The lowest BCUT2D eigenvalue weighted by molar-refractivity contribution is 0.0664. The molecule has 0 saturated carbocycles. The first-order valence-corrected chi connectivity index (χ1v) is 7.81. The summed E-state index contributed by atoms with van der Waals surface area (Å²) in [6.07, 6.45) is 4.69. The molecule has 3 nitrogen and oxygen atoms in total. The van der Waals surface area contributed by atoms with Gasteiger partial charge in [-0.1, -0.05) is 17.7 Å². The highest BCUT2D eigenvalue weighted by atomic mass is 35.5. The van der Waals surface area contributed by atoms with Gasteiger partial charge < -0.3 is 9.80 Å². The summed E-state index contributed by atoms with van der Waals surface area (Å²) >= 11 is 6.00. The van der Waals surface area contributed by atoms with E-state index in [-0.39, 0.29) is 5.91 Å². The molecule has 20 heavy (non-hydrogen) atoms. The lowest BCUT2D eigenvalue weighted by Gasteiger charge is -2.33. The second-order valence-corrected chi connectivity index (χ2v) is 6.35. The van der Waals surface area contributed by atoms with Gasteiger partial charge in [0, 0.05) is 29.2 Å². The quantitative estimate of drug-likeness (QED) is 0.836. The predicted molar refractivity (Wildman–Crippen MR) is 81.2 cm³/mol. The molecule has 2 fully saturated rings. The molecule has 4 heteroatoms. The SMILES string of the molecule is CN1CCC[C@H]1[C@H]1CCCN1C(=O)c1cccc(Cl)c1. The molecule has 2 atom stereocenters. The van der Waals surface area contributed by atoms with E-state index in [1.165, 1.54) is 12.8 Å². The fraction of sp³-hybridized carbons (Fsp3) is 0.562. The molecule has 0 unspecified atom stereocenters. The van der Waals surface area contributed by atoms with Crippen molar-refractivity contribution in [2.24, 2.45) is 0 Å². The van der Waals surface area contributed by atoms with Crippen molar-refractivity contribution in [3.63, 3.8) is 0 Å². The molecule has 2 saturated heterocycles. The van der Waals surface area contributed by atoms with E-state index in [2.05, 4.69) is 16.8 Å². The summed E-state index contributed by atoms with van der Waals surface area (Å²) in [6.45, 7) is 2.03. The Bertz CT molecular complexity index is 505. The number of benzene rings is 1. The lowest BCUT2D eigenvalue weighted by Crippen LogP contribution is -2.47. The number of likely N-dealkylation sites (N-methyl/N-ethyl adjacent to an activating group) is 1. The molecule has 1 aromatic rings. The maximum absolute atomic E-state index is 12.7. The largest absolute Gasteiger partial charge is 0.334 e. The molecule has 0 aromatic heterocycles. The highest BCUT2D eigenvalue weighted by molar-refractivity contribution is 6.30. The van der Waals surface area contributed by atoms with Crippen LogP contribution in [0.3, 0.4) is 0 Å². The number of halogens is 1. The van der Waals surface area contributed by atoms with Crippen LogP contribution in [0.1, 0.15) is 36.0 Å². The average molecular weight is 293 g/mol. The second kappa shape index (κ2) is 5.74. The van der Waals surface area contributed by atoms with Crippen molar-refractivity contribution in [3.8, 4) is 0 Å². The number of amides is 1. The third-order valence-corrected chi connectivity index (χ3v) is 4.89. The molecule has 0 bridgehead atoms. The second-order valence-electron chi connectivity index (χ2n) is 5.91. The summed E-state index contributed by atoms with van der Waals surface area (Å²) in [6, 6.07) is 8.20. The number of carbonyl (C=O) groups is 1. The predicted octanol–water partition coefficient (Wildman–Crippen LogP) is 3.04. The lowest BCUT2D eigenvalue weighted by atomic mass is 10.0. The van der Waals surface area contributed by atoms with Gasteiger partial charge in [0.1, 0.15) is 0 Å². The normalized spacial score (nSPS) is 27.2. The topological polar surface area (TPSA) is 23.6 Å². The molecule has 0 N–H and O–H groups in total. The van der Waals surface area contributed by atoms with E-state index in [1.807, 2.05) is 18.2 Å². The number of likely N-dealkylation sites (tertiary alicyclic amines) is 2. The summed E-state index contributed by atoms with van der Waals surface area (Å²) in [5.74, 6) is 0.135. The molecule has 0 aliphatic carbocycles. The van der Waals surface area contributed by atoms with Gasteiger partial charge in [0.15, 0.2) is 0 Å². The zero-order valence-corrected chi connectivity index (χ0v) is 12.6. The number of hydrogen-bond donors (Lipinski definition) is 0. The first-order chi connectivity index (χ1) is 9.66. The van der Waals surface area contributed by atoms with Crippen LogP contribution >= 0.6 is 11.6 Å². The van der Waals surface area contributed by atoms with Crippen LogP contribution in [0.4, 0.5) is 0 Å². The molecular formula is C16H21ClN2O. The van der Waals surface area contributed by atoms with Gasteiger partial charge in [-0.2, -0.15) is 0 Å². The monoisotopic (exact) mass is 292 g/mol. The van der Waals surface area contributed by atoms with Crippen LogP contribution in [-0.4, -0.2) is 47.9 Å². The van der Waals surface area contributed by atoms with E-state index >= 15 is 0 Å². The molecule has 2 heterocycles. The van der Waals surface area contributed by atoms with E-state index in [4.69, 9.17) is 11.6 Å². The third-order valence-electron chi connectivity index (χ3n) is 4.65. The molecule has 1 aromatic carbocycles. The van der Waals surface area contributed by atoms with Crippen LogP contribution in [0.15, 0.2) is 24.3 Å². The Balaban J connectivity index is 1.79. The van der Waals surface area contributed by atoms with Gasteiger partial charge in [0.2, 0.25) is 0 Å². The van der Waals surface area contributed by atoms with Crippen LogP contribution in [0.25, 0.3) is 0 Å². The van der Waals surface area contributed by atoms with E-state index < -0.39 is 0 Å². The molecule has 0 radical (unpaired) electrons. The van der Waals surface area contributed by atoms with Crippen LogP contribution < -0.4 is 0 Å². The molecule has 2 aliphatic heterocycles. The summed E-state index contributed by atoms with van der Waals surface area (Å²) in [7, 11) is 2.18. The Labute approximate surface area is 125 Å². The van der Waals surface area contributed by atoms with Gasteiger partial charge in [0.05, 0.1) is 0 Å². The van der Waals surface area contributed by atoms with Gasteiger partial charge in [-0.3, -0.25) is 4.79 Å². The maximum Gasteiger partial charge on any atom is 0.254 e. The Morgan fingerprint density at radius 3 is 2.65 bits per heavy atom. The van der Waals surface area contributed by atoms with Gasteiger partial charge in [-0.25, -0.2) is 0 Å². The van der Waals surface area contributed by atoms with Crippen LogP contribution in [0, 0.1) is 0 Å². The summed E-state index contributed by atoms with van der Waals surface area (Å²) in [5.41, 5.74) is 0.713. The van der Waals surface area contributed by atoms with Crippen LogP contribution in [0.5, 0.6) is 0 Å². The van der Waals surface area contributed by atoms with Crippen molar-refractivity contribution in [1.82, 2.24) is 9.80 Å². The van der Waals surface area contributed by atoms with Gasteiger partial charge in [-0.15, -0.1) is 0 Å². The van der Waals surface area contributed by atoms with Crippen molar-refractivity contribution in [3.05, 3.63) is 34.9 Å². The highest BCUT2D eigenvalue weighted by Crippen LogP contribution is 2.30. The molecule has 2 aliphatic rings. The first kappa shape index (κ1) is 13.9. The Morgan fingerprint density at radius 1 is 1.20 bits per heavy atom. The first-order valence-electron chi connectivity index (χ1n) is 7.43. The summed E-state index contributed by atoms with van der Waals surface area (Å²) in [4.78, 5) is 17.2. The van der Waals surface area contributed by atoms with Gasteiger partial charge in [-0.05, 0) is 57.5 Å². The molecule has 1 amide bonds. The summed E-state index contributed by atoms with van der Waals surface area (Å²) < 4.78 is 0. The Kier molecular flexibility index (Phi) is 3.99. The zero-order chi connectivity index (χ0) is 14.1. The minimum absolute atomic E-state index is 0.135. The van der Waals surface area contributed by atoms with Crippen LogP contribution in [0.2, 0.25) is 5.02 Å².